The first-order valence-electron chi connectivity index (χ1n) is 17.5. The van der Waals surface area contributed by atoms with Gasteiger partial charge in [-0.15, -0.1) is 11.3 Å². The van der Waals surface area contributed by atoms with Crippen LogP contribution in [0.4, 0.5) is 0 Å². The molecule has 8 aromatic carbocycles. The van der Waals surface area contributed by atoms with Gasteiger partial charge in [-0.05, 0) is 46.5 Å². The molecular weight excluding hydrogens is 653 g/mol. The van der Waals surface area contributed by atoms with Crippen molar-refractivity contribution in [1.29, 1.82) is 0 Å². The van der Waals surface area contributed by atoms with Crippen LogP contribution in [0.1, 0.15) is 0 Å². The molecule has 0 spiro atoms. The van der Waals surface area contributed by atoms with Crippen molar-refractivity contribution in [3.8, 4) is 39.9 Å². The molecule has 0 aliphatic heterocycles. The van der Waals surface area contributed by atoms with Crippen molar-refractivity contribution in [2.24, 2.45) is 0 Å². The predicted molar refractivity (Wildman–Crippen MR) is 218 cm³/mol. The van der Waals surface area contributed by atoms with Crippen molar-refractivity contribution < 1.29 is 0 Å². The van der Waals surface area contributed by atoms with Gasteiger partial charge in [0.15, 0.2) is 17.5 Å². The van der Waals surface area contributed by atoms with Gasteiger partial charge in [0.2, 0.25) is 0 Å². The van der Waals surface area contributed by atoms with Crippen LogP contribution in [0, 0.1) is 0 Å². The highest BCUT2D eigenvalue weighted by Gasteiger charge is 2.22. The van der Waals surface area contributed by atoms with E-state index in [1.807, 2.05) is 47.7 Å². The molecule has 3 aromatic heterocycles. The zero-order valence-corrected chi connectivity index (χ0v) is 28.7. The molecule has 0 amide bonds. The third kappa shape index (κ3) is 4.43. The maximum Gasteiger partial charge on any atom is 0.166 e. The molecule has 0 saturated heterocycles. The fourth-order valence-electron chi connectivity index (χ4n) is 7.83. The van der Waals surface area contributed by atoms with Crippen molar-refractivity contribution >= 4 is 74.9 Å². The number of aromatic nitrogens is 4. The van der Waals surface area contributed by atoms with Crippen molar-refractivity contribution in [3.63, 3.8) is 0 Å². The topological polar surface area (TPSA) is 43.6 Å². The summed E-state index contributed by atoms with van der Waals surface area (Å²) in [4.78, 5) is 15.4. The lowest BCUT2D eigenvalue weighted by atomic mass is 10.0. The molecule has 3 heterocycles. The lowest BCUT2D eigenvalue weighted by Gasteiger charge is -2.16. The highest BCUT2D eigenvalue weighted by Crippen LogP contribution is 2.45. The van der Waals surface area contributed by atoms with Gasteiger partial charge in [0.1, 0.15) is 0 Å². The second-order valence-electron chi connectivity index (χ2n) is 13.2. The first-order valence-corrected chi connectivity index (χ1v) is 18.3. The maximum absolute atomic E-state index is 5.22. The molecular formula is C47H28N4S. The van der Waals surface area contributed by atoms with Crippen LogP contribution in [0.25, 0.3) is 103 Å². The molecule has 0 aliphatic rings. The summed E-state index contributed by atoms with van der Waals surface area (Å²) in [7, 11) is 0. The number of hydrogen-bond donors (Lipinski definition) is 0. The predicted octanol–water partition coefficient (Wildman–Crippen LogP) is 12.6. The van der Waals surface area contributed by atoms with E-state index in [1.54, 1.807) is 0 Å². The first kappa shape index (κ1) is 29.1. The van der Waals surface area contributed by atoms with E-state index in [2.05, 4.69) is 138 Å². The maximum atomic E-state index is 5.22. The molecule has 52 heavy (non-hydrogen) atoms. The summed E-state index contributed by atoms with van der Waals surface area (Å²) in [5, 5.41) is 9.91. The average molecular weight is 681 g/mol. The summed E-state index contributed by atoms with van der Waals surface area (Å²) >= 11 is 1.88. The average Bonchev–Trinajstić information content (AvgIpc) is 3.77. The molecule has 0 fully saturated rings. The van der Waals surface area contributed by atoms with Crippen molar-refractivity contribution in [3.05, 3.63) is 170 Å². The molecule has 0 aliphatic carbocycles. The minimum absolute atomic E-state index is 0.632. The lowest BCUT2D eigenvalue weighted by molar-refractivity contribution is 1.07. The summed E-state index contributed by atoms with van der Waals surface area (Å²) in [6.07, 6.45) is 0. The quantitative estimate of drug-likeness (QED) is 0.186. The van der Waals surface area contributed by atoms with E-state index in [1.165, 1.54) is 41.7 Å². The van der Waals surface area contributed by atoms with E-state index >= 15 is 0 Å². The molecule has 11 rings (SSSR count). The summed E-state index contributed by atoms with van der Waals surface area (Å²) in [6, 6.07) is 60.2. The van der Waals surface area contributed by atoms with Gasteiger partial charge >= 0.3 is 0 Å². The minimum Gasteiger partial charge on any atom is -0.308 e. The van der Waals surface area contributed by atoms with Crippen LogP contribution in [-0.4, -0.2) is 19.5 Å². The fourth-order valence-corrected chi connectivity index (χ4v) is 9.10. The lowest BCUT2D eigenvalue weighted by Crippen LogP contribution is -2.04. The van der Waals surface area contributed by atoms with Gasteiger partial charge in [-0.25, -0.2) is 15.0 Å². The van der Waals surface area contributed by atoms with Gasteiger partial charge in [0, 0.05) is 53.0 Å². The molecule has 0 saturated carbocycles. The number of benzene rings is 8. The molecule has 0 N–H and O–H groups in total. The highest BCUT2D eigenvalue weighted by atomic mass is 32.1. The van der Waals surface area contributed by atoms with Crippen LogP contribution < -0.4 is 0 Å². The van der Waals surface area contributed by atoms with Crippen LogP contribution >= 0.6 is 11.3 Å². The monoisotopic (exact) mass is 680 g/mol. The van der Waals surface area contributed by atoms with Crippen LogP contribution in [-0.2, 0) is 0 Å². The van der Waals surface area contributed by atoms with Gasteiger partial charge in [-0.1, -0.05) is 140 Å². The first-order chi connectivity index (χ1) is 25.8. The zero-order chi connectivity index (χ0) is 34.2. The largest absolute Gasteiger partial charge is 0.308 e. The van der Waals surface area contributed by atoms with E-state index < -0.39 is 0 Å². The Balaban J connectivity index is 1.27. The third-order valence-corrected chi connectivity index (χ3v) is 11.4. The van der Waals surface area contributed by atoms with Gasteiger partial charge in [0.05, 0.1) is 16.7 Å². The Morgan fingerprint density at radius 1 is 0.404 bits per heavy atom. The van der Waals surface area contributed by atoms with Gasteiger partial charge < -0.3 is 4.57 Å². The summed E-state index contributed by atoms with van der Waals surface area (Å²) in [6.45, 7) is 0. The number of thiophene rings is 1. The number of nitrogens with zero attached hydrogens (tertiary/aromatic N) is 4. The molecule has 4 nitrogen and oxygen atoms in total. The Labute approximate surface area is 302 Å². The Bertz CT molecular complexity index is 3120. The SMILES string of the molecule is c1ccc(-c2nc(-c3ccccc3)nc(-c3cc4ccccc4cc3-n3c4ccccc4c4c5c(ccc6c7ccccc7sc65)ccc43)n2)cc1. The number of para-hydroxylation sites is 1. The Morgan fingerprint density at radius 2 is 1.00 bits per heavy atom. The Hall–Kier alpha value is -6.69. The van der Waals surface area contributed by atoms with Gasteiger partial charge in [-0.2, -0.15) is 0 Å². The Kier molecular flexibility index (Phi) is 6.39. The smallest absolute Gasteiger partial charge is 0.166 e. The molecule has 11 aromatic rings. The normalized spacial score (nSPS) is 11.8. The third-order valence-electron chi connectivity index (χ3n) is 10.2. The Morgan fingerprint density at radius 3 is 1.75 bits per heavy atom. The van der Waals surface area contributed by atoms with Gasteiger partial charge in [0.25, 0.3) is 0 Å². The second-order valence-corrected chi connectivity index (χ2v) is 14.3. The highest BCUT2D eigenvalue weighted by molar-refractivity contribution is 7.26. The van der Waals surface area contributed by atoms with E-state index in [-0.39, 0.29) is 0 Å². The molecule has 0 atom stereocenters. The summed E-state index contributed by atoms with van der Waals surface area (Å²) in [5.74, 6) is 1.92. The minimum atomic E-state index is 0.632. The second kappa shape index (κ2) is 11.4. The van der Waals surface area contributed by atoms with E-state index in [4.69, 9.17) is 15.0 Å². The molecule has 0 unspecified atom stereocenters. The molecule has 0 radical (unpaired) electrons. The van der Waals surface area contributed by atoms with Gasteiger partial charge in [-0.3, -0.25) is 0 Å². The van der Waals surface area contributed by atoms with Crippen LogP contribution in [0.5, 0.6) is 0 Å². The van der Waals surface area contributed by atoms with E-state index in [0.717, 1.165) is 44.2 Å². The number of hydrogen-bond acceptors (Lipinski definition) is 4. The van der Waals surface area contributed by atoms with Crippen molar-refractivity contribution in [2.45, 2.75) is 0 Å². The molecule has 0 bridgehead atoms. The number of rotatable bonds is 4. The standard InChI is InChI=1S/C47H28N4S/c1-3-13-30(14-4-1)45-48-46(31-15-5-2-6-16-31)50-47(49-45)37-27-32-17-7-8-18-33(32)28-40(37)51-38-21-11-9-20-36(38)43-39(51)26-24-29-23-25-35-34-19-10-12-22-41(34)52-44(35)42(29)43/h1-28H. The van der Waals surface area contributed by atoms with Crippen molar-refractivity contribution in [2.75, 3.05) is 0 Å². The fraction of sp³-hybridized carbons (Fsp3) is 0. The van der Waals surface area contributed by atoms with E-state index in [9.17, 15) is 0 Å². The zero-order valence-electron chi connectivity index (χ0n) is 27.9. The van der Waals surface area contributed by atoms with Crippen LogP contribution in [0.15, 0.2) is 170 Å². The van der Waals surface area contributed by atoms with Crippen LogP contribution in [0.3, 0.4) is 0 Å². The van der Waals surface area contributed by atoms with Crippen molar-refractivity contribution in [1.82, 2.24) is 19.5 Å². The number of fused-ring (bicyclic) bond motifs is 10. The molecule has 5 heteroatoms. The summed E-state index contributed by atoms with van der Waals surface area (Å²) < 4.78 is 5.05. The molecule has 242 valence electrons. The van der Waals surface area contributed by atoms with E-state index in [0.29, 0.717) is 17.5 Å². The summed E-state index contributed by atoms with van der Waals surface area (Å²) in [5.41, 5.74) is 6.15. The van der Waals surface area contributed by atoms with Crippen LogP contribution in [0.2, 0.25) is 0 Å².